The van der Waals surface area contributed by atoms with Crippen LogP contribution >= 0.6 is 11.6 Å². The van der Waals surface area contributed by atoms with Gasteiger partial charge in [-0.15, -0.1) is 0 Å². The first-order valence-corrected chi connectivity index (χ1v) is 12.3. The van der Waals surface area contributed by atoms with Crippen LogP contribution in [0.2, 0.25) is 5.15 Å². The summed E-state index contributed by atoms with van der Waals surface area (Å²) in [4.78, 5) is 24.6. The molecule has 4 rings (SSSR count). The van der Waals surface area contributed by atoms with Crippen LogP contribution in [0.25, 0.3) is 0 Å². The number of rotatable bonds is 8. The van der Waals surface area contributed by atoms with Crippen LogP contribution in [-0.2, 0) is 23.9 Å². The molecule has 1 aliphatic rings. The highest BCUT2D eigenvalue weighted by atomic mass is 35.5. The van der Waals surface area contributed by atoms with Crippen LogP contribution in [0.4, 0.5) is 18.9 Å². The van der Waals surface area contributed by atoms with Gasteiger partial charge in [-0.1, -0.05) is 36.7 Å². The second-order valence-electron chi connectivity index (χ2n) is 8.73. The Morgan fingerprint density at radius 2 is 1.73 bits per heavy atom. The number of alkyl halides is 3. The van der Waals surface area contributed by atoms with Gasteiger partial charge >= 0.3 is 6.18 Å². The molecule has 1 aromatic heterocycles. The van der Waals surface area contributed by atoms with E-state index in [1.165, 1.54) is 24.5 Å². The molecule has 196 valence electrons. The summed E-state index contributed by atoms with van der Waals surface area (Å²) in [6.45, 7) is 6.36. The molecule has 0 bridgehead atoms. The Hall–Kier alpha value is -3.21. The normalized spacial score (nSPS) is 14.9. The number of aromatic nitrogens is 2. The number of carbonyl (C=O) groups excluding carboxylic acids is 1. The van der Waals surface area contributed by atoms with E-state index in [2.05, 4.69) is 27.1 Å². The predicted molar refractivity (Wildman–Crippen MR) is 135 cm³/mol. The number of nitrogens with one attached hydrogen (secondary N) is 1. The first kappa shape index (κ1) is 26.8. The van der Waals surface area contributed by atoms with E-state index in [-0.39, 0.29) is 35.2 Å². The third-order valence-corrected chi connectivity index (χ3v) is 6.33. The summed E-state index contributed by atoms with van der Waals surface area (Å²) in [5.41, 5.74) is 0.257. The van der Waals surface area contributed by atoms with E-state index in [0.717, 1.165) is 38.8 Å². The van der Waals surface area contributed by atoms with E-state index in [1.807, 2.05) is 4.90 Å². The van der Waals surface area contributed by atoms with Gasteiger partial charge in [-0.25, -0.2) is 9.97 Å². The van der Waals surface area contributed by atoms with Crippen molar-refractivity contribution in [3.8, 4) is 11.6 Å². The summed E-state index contributed by atoms with van der Waals surface area (Å²) in [7, 11) is 0. The molecule has 3 aromatic rings. The number of piperazine rings is 1. The molecular formula is C26H27ClF3N5O2. The molecule has 7 nitrogen and oxygen atoms in total. The first-order valence-electron chi connectivity index (χ1n) is 11.9. The maximum absolute atomic E-state index is 13.8. The Morgan fingerprint density at radius 1 is 1.03 bits per heavy atom. The van der Waals surface area contributed by atoms with Crippen molar-refractivity contribution in [3.05, 3.63) is 76.7 Å². The Balaban J connectivity index is 1.37. The molecule has 1 saturated heterocycles. The van der Waals surface area contributed by atoms with Gasteiger partial charge in [0.25, 0.3) is 0 Å². The lowest BCUT2D eigenvalue weighted by Crippen LogP contribution is -2.45. The van der Waals surface area contributed by atoms with Crippen molar-refractivity contribution in [2.45, 2.75) is 26.1 Å². The van der Waals surface area contributed by atoms with E-state index >= 15 is 0 Å². The fraction of sp³-hybridized carbons (Fsp3) is 0.346. The van der Waals surface area contributed by atoms with E-state index in [1.54, 1.807) is 24.3 Å². The number of halogens is 4. The number of hydrogen-bond acceptors (Lipinski definition) is 6. The van der Waals surface area contributed by atoms with Gasteiger partial charge in [0, 0.05) is 44.5 Å². The highest BCUT2D eigenvalue weighted by Gasteiger charge is 2.34. The lowest BCUT2D eigenvalue weighted by Gasteiger charge is -2.34. The van der Waals surface area contributed by atoms with Crippen molar-refractivity contribution in [2.24, 2.45) is 0 Å². The summed E-state index contributed by atoms with van der Waals surface area (Å²) in [6, 6.07) is 12.2. The predicted octanol–water partition coefficient (Wildman–Crippen LogP) is 5.26. The van der Waals surface area contributed by atoms with Gasteiger partial charge in [-0.2, -0.15) is 13.2 Å². The summed E-state index contributed by atoms with van der Waals surface area (Å²) >= 11 is 5.82. The minimum Gasteiger partial charge on any atom is -0.439 e. The fourth-order valence-corrected chi connectivity index (χ4v) is 4.26. The lowest BCUT2D eigenvalue weighted by molar-refractivity contribution is -0.138. The Morgan fingerprint density at radius 3 is 2.38 bits per heavy atom. The minimum absolute atomic E-state index is 0.00950. The van der Waals surface area contributed by atoms with Crippen LogP contribution in [0.1, 0.15) is 23.6 Å². The third-order valence-electron chi connectivity index (χ3n) is 6.12. The number of carbonyl (C=O) groups is 1. The maximum atomic E-state index is 13.8. The zero-order chi connectivity index (χ0) is 26.4. The molecule has 37 heavy (non-hydrogen) atoms. The largest absolute Gasteiger partial charge is 0.439 e. The Bertz CT molecular complexity index is 1220. The number of amides is 1. The molecule has 0 aliphatic carbocycles. The highest BCUT2D eigenvalue weighted by Crippen LogP contribution is 2.34. The molecule has 11 heteroatoms. The van der Waals surface area contributed by atoms with Crippen molar-refractivity contribution in [1.29, 1.82) is 0 Å². The average molecular weight is 534 g/mol. The number of anilines is 1. The van der Waals surface area contributed by atoms with Crippen molar-refractivity contribution in [3.63, 3.8) is 0 Å². The van der Waals surface area contributed by atoms with Crippen LogP contribution in [0.5, 0.6) is 11.6 Å². The summed E-state index contributed by atoms with van der Waals surface area (Å²) in [5, 5.41) is 2.83. The van der Waals surface area contributed by atoms with Gasteiger partial charge in [0.15, 0.2) is 0 Å². The second-order valence-corrected chi connectivity index (χ2v) is 9.12. The number of hydrogen-bond donors (Lipinski definition) is 1. The molecule has 1 N–H and O–H groups in total. The van der Waals surface area contributed by atoms with Crippen LogP contribution in [-0.4, -0.2) is 58.4 Å². The lowest BCUT2D eigenvalue weighted by atomic mass is 10.0. The molecule has 1 amide bonds. The SMILES string of the molecule is CCN1CCN(Cc2ccc(NC(=O)Cc3ccc(Oc4cc(Cl)ncn4)cc3)cc2C(F)(F)F)CC1. The Kier molecular flexibility index (Phi) is 8.63. The zero-order valence-corrected chi connectivity index (χ0v) is 21.0. The van der Waals surface area contributed by atoms with E-state index in [0.29, 0.717) is 11.3 Å². The van der Waals surface area contributed by atoms with Gasteiger partial charge in [0.1, 0.15) is 17.2 Å². The van der Waals surface area contributed by atoms with Gasteiger partial charge in [-0.05, 0) is 41.9 Å². The molecule has 0 atom stereocenters. The average Bonchev–Trinajstić information content (AvgIpc) is 2.86. The van der Waals surface area contributed by atoms with Crippen molar-refractivity contribution in [2.75, 3.05) is 38.0 Å². The monoisotopic (exact) mass is 533 g/mol. The van der Waals surface area contributed by atoms with Crippen LogP contribution in [0.15, 0.2) is 54.9 Å². The number of nitrogens with zero attached hydrogens (tertiary/aromatic N) is 4. The van der Waals surface area contributed by atoms with Crippen molar-refractivity contribution < 1.29 is 22.7 Å². The van der Waals surface area contributed by atoms with Gasteiger partial charge < -0.3 is 15.0 Å². The maximum Gasteiger partial charge on any atom is 0.416 e. The molecule has 0 unspecified atom stereocenters. The number of ether oxygens (including phenoxy) is 1. The smallest absolute Gasteiger partial charge is 0.416 e. The number of likely N-dealkylation sites (N-methyl/N-ethyl adjacent to an activating group) is 1. The standard InChI is InChI=1S/C26H27ClF3N5O2/c1-2-34-9-11-35(12-10-34)16-19-5-6-20(14-22(19)26(28,29)30)33-24(36)13-18-3-7-21(8-4-18)37-25-15-23(27)31-17-32-25/h3-8,14-15,17H,2,9-13,16H2,1H3,(H,33,36). The van der Waals surface area contributed by atoms with Crippen molar-refractivity contribution >= 4 is 23.2 Å². The molecule has 2 heterocycles. The van der Waals surface area contributed by atoms with Crippen LogP contribution < -0.4 is 10.1 Å². The minimum atomic E-state index is -4.52. The number of benzene rings is 2. The molecule has 1 fully saturated rings. The van der Waals surface area contributed by atoms with Gasteiger partial charge in [-0.3, -0.25) is 9.69 Å². The third kappa shape index (κ3) is 7.64. The fourth-order valence-electron chi connectivity index (χ4n) is 4.12. The van der Waals surface area contributed by atoms with E-state index < -0.39 is 17.6 Å². The van der Waals surface area contributed by atoms with Gasteiger partial charge in [0.05, 0.1) is 12.0 Å². The molecule has 1 aliphatic heterocycles. The van der Waals surface area contributed by atoms with E-state index in [9.17, 15) is 18.0 Å². The molecule has 2 aromatic carbocycles. The second kappa shape index (κ2) is 11.9. The summed E-state index contributed by atoms with van der Waals surface area (Å²) in [6.07, 6.45) is -3.25. The zero-order valence-electron chi connectivity index (χ0n) is 20.3. The van der Waals surface area contributed by atoms with Crippen LogP contribution in [0, 0.1) is 0 Å². The molecule has 0 spiro atoms. The highest BCUT2D eigenvalue weighted by molar-refractivity contribution is 6.29. The van der Waals surface area contributed by atoms with Crippen molar-refractivity contribution in [1.82, 2.24) is 19.8 Å². The van der Waals surface area contributed by atoms with Gasteiger partial charge in [0.2, 0.25) is 11.8 Å². The molecular weight excluding hydrogens is 507 g/mol. The topological polar surface area (TPSA) is 70.6 Å². The first-order chi connectivity index (χ1) is 17.7. The van der Waals surface area contributed by atoms with Crippen LogP contribution in [0.3, 0.4) is 0 Å². The van der Waals surface area contributed by atoms with E-state index in [4.69, 9.17) is 16.3 Å². The Labute approximate surface area is 218 Å². The summed E-state index contributed by atoms with van der Waals surface area (Å²) < 4.78 is 47.1. The molecule has 0 radical (unpaired) electrons. The summed E-state index contributed by atoms with van der Waals surface area (Å²) in [5.74, 6) is 0.339. The molecule has 0 saturated carbocycles. The quantitative estimate of drug-likeness (QED) is 0.398.